The molecule has 0 heterocycles. The van der Waals surface area contributed by atoms with Crippen molar-refractivity contribution in [3.8, 4) is 0 Å². The molecule has 0 saturated carbocycles. The van der Waals surface area contributed by atoms with E-state index in [0.29, 0.717) is 12.8 Å². The Bertz CT molecular complexity index is 899. The lowest BCUT2D eigenvalue weighted by molar-refractivity contribution is -0.124. The first-order valence-electron chi connectivity index (χ1n) is 20.2. The normalized spacial score (nSPS) is 15.2. The van der Waals surface area contributed by atoms with Gasteiger partial charge in [0.1, 0.15) is 0 Å². The van der Waals surface area contributed by atoms with Crippen LogP contribution in [0.2, 0.25) is 0 Å². The molecule has 0 aromatic heterocycles. The molecule has 4 unspecified atom stereocenters. The molecule has 294 valence electrons. The van der Waals surface area contributed by atoms with Gasteiger partial charge in [-0.3, -0.25) is 13.8 Å². The molecule has 0 spiro atoms. The van der Waals surface area contributed by atoms with E-state index in [0.717, 1.165) is 44.9 Å². The van der Waals surface area contributed by atoms with E-state index < -0.39 is 38.6 Å². The van der Waals surface area contributed by atoms with Crippen LogP contribution in [-0.2, 0) is 18.4 Å². The van der Waals surface area contributed by atoms with Gasteiger partial charge in [0.25, 0.3) is 0 Å². The Labute approximate surface area is 306 Å². The predicted octanol–water partition coefficient (Wildman–Crippen LogP) is 9.75. The smallest absolute Gasteiger partial charge is 0.393 e. The Morgan fingerprint density at radius 3 is 1.66 bits per heavy atom. The zero-order valence-electron chi connectivity index (χ0n) is 32.0. The molecule has 10 heteroatoms. The summed E-state index contributed by atoms with van der Waals surface area (Å²) in [6.07, 6.45) is 38.1. The standard InChI is InChI=1S/C40H77N2O7P/c1-3-5-7-9-11-13-14-15-16-17-18-19-20-21-22-24-26-28-30-32-39(44)38(36-49-50(46,47)48-34-33-41)42-40(45)35-37(43)31-29-27-25-23-12-10-8-6-4-2/h18-19,22,24,30,32,37-39,43-44H,3-17,20-21,23,25-29,31,33-36,41H2,1-2H3,(H,42,45)(H,46,47)/b19-18+,24-22+,32-30+. The van der Waals surface area contributed by atoms with Gasteiger partial charge in [-0.05, 0) is 44.9 Å². The van der Waals surface area contributed by atoms with Gasteiger partial charge in [-0.25, -0.2) is 4.57 Å². The third-order valence-corrected chi connectivity index (χ3v) is 9.74. The van der Waals surface area contributed by atoms with Crippen LogP contribution >= 0.6 is 7.82 Å². The topological polar surface area (TPSA) is 151 Å². The maximum Gasteiger partial charge on any atom is 0.472 e. The fourth-order valence-electron chi connectivity index (χ4n) is 5.68. The number of amides is 1. The lowest BCUT2D eigenvalue weighted by Gasteiger charge is -2.24. The molecule has 0 radical (unpaired) electrons. The first-order valence-corrected chi connectivity index (χ1v) is 21.7. The van der Waals surface area contributed by atoms with Crippen LogP contribution in [0, 0.1) is 0 Å². The first kappa shape index (κ1) is 48.7. The van der Waals surface area contributed by atoms with Gasteiger partial charge >= 0.3 is 7.82 Å². The molecule has 0 saturated heterocycles. The fraction of sp³-hybridized carbons (Fsp3) is 0.825. The fourth-order valence-corrected chi connectivity index (χ4v) is 6.44. The van der Waals surface area contributed by atoms with Crippen LogP contribution in [0.5, 0.6) is 0 Å². The SMILES string of the molecule is CCCCCCCCCCC/C=C/CC/C=C/CC/C=C/C(O)C(COP(=O)(O)OCCN)NC(=O)CC(O)CCCCCCCCCCC. The van der Waals surface area contributed by atoms with Crippen LogP contribution in [0.15, 0.2) is 36.5 Å². The van der Waals surface area contributed by atoms with E-state index >= 15 is 0 Å². The summed E-state index contributed by atoms with van der Waals surface area (Å²) < 4.78 is 22.0. The van der Waals surface area contributed by atoms with Gasteiger partial charge < -0.3 is 26.2 Å². The number of unbranched alkanes of at least 4 members (excludes halogenated alkanes) is 19. The average Bonchev–Trinajstić information content (AvgIpc) is 3.09. The van der Waals surface area contributed by atoms with E-state index in [1.54, 1.807) is 6.08 Å². The maximum atomic E-state index is 12.7. The molecule has 6 N–H and O–H groups in total. The van der Waals surface area contributed by atoms with E-state index in [2.05, 4.69) is 43.5 Å². The van der Waals surface area contributed by atoms with E-state index in [1.807, 2.05) is 6.08 Å². The van der Waals surface area contributed by atoms with Crippen LogP contribution in [-0.4, -0.2) is 59.0 Å². The number of allylic oxidation sites excluding steroid dienone is 5. The Balaban J connectivity index is 4.45. The van der Waals surface area contributed by atoms with Crippen molar-refractivity contribution in [2.45, 2.75) is 193 Å². The average molecular weight is 729 g/mol. The highest BCUT2D eigenvalue weighted by atomic mass is 31.2. The van der Waals surface area contributed by atoms with Crippen molar-refractivity contribution in [3.63, 3.8) is 0 Å². The number of aliphatic hydroxyl groups excluding tert-OH is 2. The minimum atomic E-state index is -4.40. The summed E-state index contributed by atoms with van der Waals surface area (Å²) in [7, 11) is -4.40. The van der Waals surface area contributed by atoms with E-state index in [1.165, 1.54) is 96.3 Å². The highest BCUT2D eigenvalue weighted by Crippen LogP contribution is 2.43. The summed E-state index contributed by atoms with van der Waals surface area (Å²) in [5, 5.41) is 23.9. The van der Waals surface area contributed by atoms with E-state index in [4.69, 9.17) is 14.8 Å². The summed E-state index contributed by atoms with van der Waals surface area (Å²) in [5.74, 6) is -0.463. The minimum Gasteiger partial charge on any atom is -0.393 e. The second-order valence-electron chi connectivity index (χ2n) is 13.7. The molecule has 50 heavy (non-hydrogen) atoms. The lowest BCUT2D eigenvalue weighted by Crippen LogP contribution is -2.46. The van der Waals surface area contributed by atoms with Crippen LogP contribution < -0.4 is 11.1 Å². The van der Waals surface area contributed by atoms with Crippen molar-refractivity contribution in [2.75, 3.05) is 19.8 Å². The molecule has 0 fully saturated rings. The number of carbonyl (C=O) groups excluding carboxylic acids is 1. The molecule has 4 atom stereocenters. The van der Waals surface area contributed by atoms with Crippen molar-refractivity contribution in [3.05, 3.63) is 36.5 Å². The summed E-state index contributed by atoms with van der Waals surface area (Å²) in [4.78, 5) is 22.6. The Morgan fingerprint density at radius 1 is 0.680 bits per heavy atom. The number of nitrogens with one attached hydrogen (secondary N) is 1. The number of phosphoric acid groups is 1. The van der Waals surface area contributed by atoms with Crippen molar-refractivity contribution in [1.82, 2.24) is 5.32 Å². The van der Waals surface area contributed by atoms with Gasteiger partial charge in [0.15, 0.2) is 0 Å². The third-order valence-electron chi connectivity index (χ3n) is 8.75. The van der Waals surface area contributed by atoms with Crippen LogP contribution in [0.4, 0.5) is 0 Å². The zero-order chi connectivity index (χ0) is 37.0. The molecule has 0 aliphatic carbocycles. The van der Waals surface area contributed by atoms with Gasteiger partial charge in [0, 0.05) is 6.54 Å². The largest absolute Gasteiger partial charge is 0.472 e. The van der Waals surface area contributed by atoms with E-state index in [9.17, 15) is 24.5 Å². The quantitative estimate of drug-likeness (QED) is 0.0241. The Morgan fingerprint density at radius 2 is 1.14 bits per heavy atom. The molecule has 0 aromatic carbocycles. The number of aliphatic hydroxyl groups is 2. The first-order chi connectivity index (χ1) is 24.3. The highest BCUT2D eigenvalue weighted by molar-refractivity contribution is 7.47. The summed E-state index contributed by atoms with van der Waals surface area (Å²) in [6.45, 7) is 3.90. The van der Waals surface area contributed by atoms with Crippen molar-refractivity contribution >= 4 is 13.7 Å². The summed E-state index contributed by atoms with van der Waals surface area (Å²) in [6, 6.07) is -1.00. The second-order valence-corrected chi connectivity index (χ2v) is 15.1. The van der Waals surface area contributed by atoms with E-state index in [-0.39, 0.29) is 19.6 Å². The Hall–Kier alpha value is -1.32. The molecule has 0 rings (SSSR count). The molecular formula is C40H77N2O7P. The molecule has 0 bridgehead atoms. The summed E-state index contributed by atoms with van der Waals surface area (Å²) in [5.41, 5.74) is 5.34. The summed E-state index contributed by atoms with van der Waals surface area (Å²) >= 11 is 0. The van der Waals surface area contributed by atoms with Gasteiger partial charge in [-0.1, -0.05) is 159 Å². The molecule has 0 aliphatic rings. The minimum absolute atomic E-state index is 0.0425. The van der Waals surface area contributed by atoms with Gasteiger partial charge in [0.05, 0.1) is 37.9 Å². The zero-order valence-corrected chi connectivity index (χ0v) is 32.9. The van der Waals surface area contributed by atoms with Crippen molar-refractivity contribution in [2.24, 2.45) is 5.73 Å². The lowest BCUT2D eigenvalue weighted by atomic mass is 10.0. The predicted molar refractivity (Wildman–Crippen MR) is 209 cm³/mol. The molecule has 0 aromatic rings. The number of hydrogen-bond donors (Lipinski definition) is 5. The number of nitrogens with two attached hydrogens (primary N) is 1. The number of carbonyl (C=O) groups is 1. The maximum absolute atomic E-state index is 12.7. The number of rotatable bonds is 37. The van der Waals surface area contributed by atoms with Crippen LogP contribution in [0.3, 0.4) is 0 Å². The molecule has 0 aliphatic heterocycles. The van der Waals surface area contributed by atoms with Gasteiger partial charge in [-0.15, -0.1) is 0 Å². The monoisotopic (exact) mass is 729 g/mol. The number of hydrogen-bond acceptors (Lipinski definition) is 7. The Kier molecular flexibility index (Phi) is 35.1. The second kappa shape index (κ2) is 36.1. The third kappa shape index (κ3) is 33.8. The number of phosphoric ester groups is 1. The van der Waals surface area contributed by atoms with Gasteiger partial charge in [-0.2, -0.15) is 0 Å². The van der Waals surface area contributed by atoms with Crippen LogP contribution in [0.1, 0.15) is 174 Å². The molecule has 1 amide bonds. The molecule has 9 nitrogen and oxygen atoms in total. The van der Waals surface area contributed by atoms with Gasteiger partial charge in [0.2, 0.25) is 5.91 Å². The van der Waals surface area contributed by atoms with Crippen LogP contribution in [0.25, 0.3) is 0 Å². The van der Waals surface area contributed by atoms with Crippen molar-refractivity contribution < 1.29 is 33.5 Å². The highest BCUT2D eigenvalue weighted by Gasteiger charge is 2.27. The van der Waals surface area contributed by atoms with Crippen molar-refractivity contribution in [1.29, 1.82) is 0 Å². The molecular weight excluding hydrogens is 651 g/mol.